The highest BCUT2D eigenvalue weighted by Crippen LogP contribution is 2.23. The topological polar surface area (TPSA) is 29.1 Å². The molecule has 0 radical (unpaired) electrons. The van der Waals surface area contributed by atoms with E-state index in [1.807, 2.05) is 23.5 Å². The van der Waals surface area contributed by atoms with Gasteiger partial charge < -0.3 is 5.32 Å². The highest BCUT2D eigenvalue weighted by atomic mass is 32.2. The number of hydrogen-bond donors (Lipinski definition) is 1. The van der Waals surface area contributed by atoms with Crippen LogP contribution in [-0.4, -0.2) is 35.0 Å². The van der Waals surface area contributed by atoms with E-state index in [9.17, 15) is 9.18 Å². The van der Waals surface area contributed by atoms with Crippen LogP contribution in [-0.2, 0) is 0 Å². The SMILES string of the molecule is Cc1ccc(C(=O)NCC2CSCCS2)c(F)c1. The number of thioether (sulfide) groups is 2. The van der Waals surface area contributed by atoms with Crippen LogP contribution in [0.1, 0.15) is 15.9 Å². The molecule has 1 atom stereocenters. The van der Waals surface area contributed by atoms with Crippen LogP contribution in [0.2, 0.25) is 0 Å². The number of hydrogen-bond acceptors (Lipinski definition) is 3. The molecule has 2 nitrogen and oxygen atoms in total. The quantitative estimate of drug-likeness (QED) is 0.926. The Balaban J connectivity index is 1.90. The minimum Gasteiger partial charge on any atom is -0.351 e. The molecule has 1 heterocycles. The second-order valence-corrected chi connectivity index (χ2v) is 6.82. The molecule has 1 saturated heterocycles. The summed E-state index contributed by atoms with van der Waals surface area (Å²) in [6.07, 6.45) is 0. The fourth-order valence-electron chi connectivity index (χ4n) is 1.76. The van der Waals surface area contributed by atoms with Gasteiger partial charge in [-0.15, -0.1) is 0 Å². The Morgan fingerprint density at radius 3 is 3.00 bits per heavy atom. The first kappa shape index (κ1) is 13.7. The molecule has 1 aliphatic heterocycles. The van der Waals surface area contributed by atoms with E-state index in [0.717, 1.165) is 17.1 Å². The van der Waals surface area contributed by atoms with Gasteiger partial charge in [-0.2, -0.15) is 23.5 Å². The van der Waals surface area contributed by atoms with Crippen molar-refractivity contribution in [2.75, 3.05) is 23.8 Å². The summed E-state index contributed by atoms with van der Waals surface area (Å²) in [5.41, 5.74) is 0.956. The van der Waals surface area contributed by atoms with E-state index in [2.05, 4.69) is 5.32 Å². The first-order chi connectivity index (χ1) is 8.66. The molecule has 1 aliphatic rings. The van der Waals surface area contributed by atoms with E-state index in [-0.39, 0.29) is 11.5 Å². The normalized spacial score (nSPS) is 19.6. The molecule has 1 N–H and O–H groups in total. The average molecular weight is 285 g/mol. The van der Waals surface area contributed by atoms with Crippen LogP contribution in [0, 0.1) is 12.7 Å². The van der Waals surface area contributed by atoms with Crippen LogP contribution < -0.4 is 5.32 Å². The average Bonchev–Trinajstić information content (AvgIpc) is 2.37. The smallest absolute Gasteiger partial charge is 0.254 e. The molecule has 0 aliphatic carbocycles. The second kappa shape index (κ2) is 6.48. The summed E-state index contributed by atoms with van der Waals surface area (Å²) in [7, 11) is 0. The van der Waals surface area contributed by atoms with Gasteiger partial charge in [-0.1, -0.05) is 6.07 Å². The maximum absolute atomic E-state index is 13.6. The van der Waals surface area contributed by atoms with Gasteiger partial charge in [-0.25, -0.2) is 4.39 Å². The minimum absolute atomic E-state index is 0.133. The Morgan fingerprint density at radius 2 is 2.33 bits per heavy atom. The van der Waals surface area contributed by atoms with E-state index >= 15 is 0 Å². The van der Waals surface area contributed by atoms with Crippen molar-refractivity contribution in [2.24, 2.45) is 0 Å². The summed E-state index contributed by atoms with van der Waals surface area (Å²) in [5.74, 6) is 2.61. The number of aryl methyl sites for hydroxylation is 1. The predicted octanol–water partition coefficient (Wildman–Crippen LogP) is 2.71. The molecule has 98 valence electrons. The van der Waals surface area contributed by atoms with Crippen LogP contribution in [0.5, 0.6) is 0 Å². The first-order valence-electron chi connectivity index (χ1n) is 5.90. The van der Waals surface area contributed by atoms with Crippen molar-refractivity contribution in [3.63, 3.8) is 0 Å². The summed E-state index contributed by atoms with van der Waals surface area (Å²) < 4.78 is 13.6. The molecule has 1 aromatic rings. The van der Waals surface area contributed by atoms with Gasteiger partial charge in [0.15, 0.2) is 0 Å². The molecule has 1 fully saturated rings. The van der Waals surface area contributed by atoms with Crippen molar-refractivity contribution in [1.82, 2.24) is 5.32 Å². The molecule has 1 amide bonds. The largest absolute Gasteiger partial charge is 0.351 e. The lowest BCUT2D eigenvalue weighted by atomic mass is 10.1. The zero-order chi connectivity index (χ0) is 13.0. The Labute approximate surface area is 115 Å². The van der Waals surface area contributed by atoms with Crippen molar-refractivity contribution in [3.8, 4) is 0 Å². The van der Waals surface area contributed by atoms with E-state index in [1.54, 1.807) is 19.1 Å². The maximum Gasteiger partial charge on any atom is 0.254 e. The fourth-order valence-corrected chi connectivity index (χ4v) is 4.37. The molecular weight excluding hydrogens is 269 g/mol. The predicted molar refractivity (Wildman–Crippen MR) is 77.0 cm³/mol. The zero-order valence-electron chi connectivity index (χ0n) is 10.2. The Bertz CT molecular complexity index is 433. The standard InChI is InChI=1S/C13H16FNOS2/c1-9-2-3-11(12(14)6-9)13(16)15-7-10-8-17-4-5-18-10/h2-3,6,10H,4-5,7-8H2,1H3,(H,15,16). The molecule has 1 aromatic carbocycles. The van der Waals surface area contributed by atoms with Crippen molar-refractivity contribution >= 4 is 29.4 Å². The number of halogens is 1. The maximum atomic E-state index is 13.6. The van der Waals surface area contributed by atoms with Gasteiger partial charge in [0.1, 0.15) is 5.82 Å². The van der Waals surface area contributed by atoms with Gasteiger partial charge in [0.25, 0.3) is 5.91 Å². The van der Waals surface area contributed by atoms with Crippen LogP contribution in [0.15, 0.2) is 18.2 Å². The van der Waals surface area contributed by atoms with Gasteiger partial charge in [0.05, 0.1) is 5.56 Å². The number of benzene rings is 1. The highest BCUT2D eigenvalue weighted by Gasteiger charge is 2.17. The number of amides is 1. The van der Waals surface area contributed by atoms with E-state index in [0.29, 0.717) is 11.8 Å². The molecule has 0 saturated carbocycles. The van der Waals surface area contributed by atoms with E-state index < -0.39 is 5.82 Å². The number of rotatable bonds is 3. The number of carbonyl (C=O) groups is 1. The van der Waals surface area contributed by atoms with Gasteiger partial charge in [0.2, 0.25) is 0 Å². The lowest BCUT2D eigenvalue weighted by molar-refractivity contribution is 0.0950. The van der Waals surface area contributed by atoms with Gasteiger partial charge in [0, 0.05) is 29.1 Å². The summed E-state index contributed by atoms with van der Waals surface area (Å²) in [4.78, 5) is 11.9. The van der Waals surface area contributed by atoms with Gasteiger partial charge >= 0.3 is 0 Å². The zero-order valence-corrected chi connectivity index (χ0v) is 11.9. The monoisotopic (exact) mass is 285 g/mol. The van der Waals surface area contributed by atoms with Crippen LogP contribution in [0.25, 0.3) is 0 Å². The first-order valence-corrected chi connectivity index (χ1v) is 8.11. The van der Waals surface area contributed by atoms with Crippen LogP contribution >= 0.6 is 23.5 Å². The number of carbonyl (C=O) groups excluding carboxylic acids is 1. The van der Waals surface area contributed by atoms with Crippen molar-refractivity contribution in [3.05, 3.63) is 35.1 Å². The minimum atomic E-state index is -0.446. The highest BCUT2D eigenvalue weighted by molar-refractivity contribution is 8.06. The summed E-state index contributed by atoms with van der Waals surface area (Å²) in [6, 6.07) is 4.69. The Hall–Kier alpha value is -0.680. The van der Waals surface area contributed by atoms with Gasteiger partial charge in [-0.05, 0) is 24.6 Å². The Morgan fingerprint density at radius 1 is 1.50 bits per heavy atom. The second-order valence-electron chi connectivity index (χ2n) is 4.26. The molecule has 0 bridgehead atoms. The molecule has 0 spiro atoms. The molecule has 1 unspecified atom stereocenters. The third-order valence-corrected chi connectivity index (χ3v) is 5.59. The lowest BCUT2D eigenvalue weighted by Crippen LogP contribution is -2.33. The van der Waals surface area contributed by atoms with Crippen LogP contribution in [0.3, 0.4) is 0 Å². The third-order valence-electron chi connectivity index (χ3n) is 2.74. The number of nitrogens with one attached hydrogen (secondary N) is 1. The third kappa shape index (κ3) is 3.65. The molecule has 0 aromatic heterocycles. The van der Waals surface area contributed by atoms with Gasteiger partial charge in [-0.3, -0.25) is 4.79 Å². The van der Waals surface area contributed by atoms with Crippen molar-refractivity contribution in [2.45, 2.75) is 12.2 Å². The summed E-state index contributed by atoms with van der Waals surface area (Å²) in [5, 5.41) is 3.26. The molecule has 18 heavy (non-hydrogen) atoms. The summed E-state index contributed by atoms with van der Waals surface area (Å²) in [6.45, 7) is 2.42. The molecule has 2 rings (SSSR count). The fraction of sp³-hybridized carbons (Fsp3) is 0.462. The molecular formula is C13H16FNOS2. The lowest BCUT2D eigenvalue weighted by Gasteiger charge is -2.21. The Kier molecular flexibility index (Phi) is 4.95. The van der Waals surface area contributed by atoms with E-state index in [4.69, 9.17) is 0 Å². The van der Waals surface area contributed by atoms with E-state index in [1.165, 1.54) is 11.8 Å². The van der Waals surface area contributed by atoms with Crippen molar-refractivity contribution in [1.29, 1.82) is 0 Å². The van der Waals surface area contributed by atoms with Crippen LogP contribution in [0.4, 0.5) is 4.39 Å². The van der Waals surface area contributed by atoms with Crippen molar-refractivity contribution < 1.29 is 9.18 Å². The summed E-state index contributed by atoms with van der Waals surface area (Å²) >= 11 is 3.79. The molecule has 5 heteroatoms.